The van der Waals surface area contributed by atoms with Gasteiger partial charge in [-0.1, -0.05) is 53.5 Å². The molecule has 0 heterocycles. The van der Waals surface area contributed by atoms with Crippen molar-refractivity contribution in [1.82, 2.24) is 0 Å². The quantitative estimate of drug-likeness (QED) is 0.345. The molecule has 0 aliphatic heterocycles. The van der Waals surface area contributed by atoms with Gasteiger partial charge < -0.3 is 14.8 Å². The Labute approximate surface area is 190 Å². The van der Waals surface area contributed by atoms with Gasteiger partial charge >= 0.3 is 0 Å². The summed E-state index contributed by atoms with van der Waals surface area (Å²) in [6.07, 6.45) is 1.49. The van der Waals surface area contributed by atoms with Gasteiger partial charge in [0.15, 0.2) is 0 Å². The fourth-order valence-electron chi connectivity index (χ4n) is 2.72. The molecule has 1 amide bonds. The van der Waals surface area contributed by atoms with Crippen molar-refractivity contribution in [2.45, 2.75) is 6.61 Å². The Morgan fingerprint density at radius 3 is 2.52 bits per heavy atom. The van der Waals surface area contributed by atoms with Crippen LogP contribution in [0.3, 0.4) is 0 Å². The molecule has 0 atom stereocenters. The second-order valence-electron chi connectivity index (χ2n) is 6.42. The van der Waals surface area contributed by atoms with Gasteiger partial charge in [0.25, 0.3) is 5.91 Å². The summed E-state index contributed by atoms with van der Waals surface area (Å²) in [5.74, 6) is 0.515. The monoisotopic (exact) mass is 452 g/mol. The van der Waals surface area contributed by atoms with Gasteiger partial charge in [0, 0.05) is 15.6 Å². The SMILES string of the molecule is COc1ccc(Cl)cc1NC(=O)/C(C#N)=C/c1ccc(OCc2ccccc2Cl)cc1. The standard InChI is InChI=1S/C24H18Cl2N2O3/c1-30-23-11-8-19(25)13-22(23)28-24(29)18(14-27)12-16-6-9-20(10-7-16)31-15-17-4-2-3-5-21(17)26/h2-13H,15H2,1H3,(H,28,29)/b18-12+. The first-order chi connectivity index (χ1) is 15.0. The third kappa shape index (κ3) is 6.02. The van der Waals surface area contributed by atoms with E-state index >= 15 is 0 Å². The molecule has 0 saturated carbocycles. The van der Waals surface area contributed by atoms with Crippen molar-refractivity contribution in [2.24, 2.45) is 0 Å². The molecule has 0 spiro atoms. The van der Waals surface area contributed by atoms with Crippen LogP contribution in [0.1, 0.15) is 11.1 Å². The molecule has 7 heteroatoms. The average molecular weight is 453 g/mol. The highest BCUT2D eigenvalue weighted by atomic mass is 35.5. The molecule has 3 rings (SSSR count). The molecule has 0 unspecified atom stereocenters. The molecule has 0 aliphatic carbocycles. The van der Waals surface area contributed by atoms with Crippen molar-refractivity contribution in [3.8, 4) is 17.6 Å². The highest BCUT2D eigenvalue weighted by molar-refractivity contribution is 6.31. The van der Waals surface area contributed by atoms with Crippen LogP contribution < -0.4 is 14.8 Å². The maximum absolute atomic E-state index is 12.5. The molecule has 31 heavy (non-hydrogen) atoms. The van der Waals surface area contributed by atoms with Crippen LogP contribution in [0.2, 0.25) is 10.0 Å². The Kier molecular flexibility index (Phi) is 7.55. The summed E-state index contributed by atoms with van der Waals surface area (Å²) in [4.78, 5) is 12.5. The highest BCUT2D eigenvalue weighted by Crippen LogP contribution is 2.28. The molecule has 0 saturated heterocycles. The molecule has 156 valence electrons. The van der Waals surface area contributed by atoms with Gasteiger partial charge in [-0.05, 0) is 48.0 Å². The lowest BCUT2D eigenvalue weighted by molar-refractivity contribution is -0.112. The van der Waals surface area contributed by atoms with Crippen LogP contribution >= 0.6 is 23.2 Å². The second-order valence-corrected chi connectivity index (χ2v) is 7.26. The zero-order chi connectivity index (χ0) is 22.2. The largest absolute Gasteiger partial charge is 0.495 e. The van der Waals surface area contributed by atoms with Gasteiger partial charge in [0.05, 0.1) is 12.8 Å². The van der Waals surface area contributed by atoms with Crippen molar-refractivity contribution >= 4 is 40.9 Å². The molecule has 0 aliphatic rings. The van der Waals surface area contributed by atoms with E-state index in [1.54, 1.807) is 42.5 Å². The molecule has 0 radical (unpaired) electrons. The Hall–Kier alpha value is -3.46. The minimum Gasteiger partial charge on any atom is -0.495 e. The van der Waals surface area contributed by atoms with Crippen molar-refractivity contribution in [1.29, 1.82) is 5.26 Å². The molecule has 0 bridgehead atoms. The first-order valence-corrected chi connectivity index (χ1v) is 9.98. The first kappa shape index (κ1) is 22.2. The van der Waals surface area contributed by atoms with Gasteiger partial charge in [-0.15, -0.1) is 0 Å². The number of halogens is 2. The van der Waals surface area contributed by atoms with Gasteiger partial charge in [0.1, 0.15) is 29.7 Å². The Morgan fingerprint density at radius 2 is 1.84 bits per heavy atom. The fraction of sp³-hybridized carbons (Fsp3) is 0.0833. The van der Waals surface area contributed by atoms with Crippen LogP contribution in [0, 0.1) is 11.3 Å². The van der Waals surface area contributed by atoms with Crippen LogP contribution in [0.25, 0.3) is 6.08 Å². The molecular formula is C24H18Cl2N2O3. The Morgan fingerprint density at radius 1 is 1.10 bits per heavy atom. The third-order valence-electron chi connectivity index (χ3n) is 4.32. The normalized spacial score (nSPS) is 10.8. The minimum absolute atomic E-state index is 0.0632. The summed E-state index contributed by atoms with van der Waals surface area (Å²) >= 11 is 12.1. The summed E-state index contributed by atoms with van der Waals surface area (Å²) in [7, 11) is 1.48. The van der Waals surface area contributed by atoms with Crippen molar-refractivity contribution in [3.63, 3.8) is 0 Å². The number of nitrogens with one attached hydrogen (secondary N) is 1. The minimum atomic E-state index is -0.567. The van der Waals surface area contributed by atoms with E-state index in [1.165, 1.54) is 13.2 Å². The molecule has 5 nitrogen and oxygen atoms in total. The number of anilines is 1. The maximum atomic E-state index is 12.5. The van der Waals surface area contributed by atoms with Crippen molar-refractivity contribution in [3.05, 3.63) is 93.5 Å². The highest BCUT2D eigenvalue weighted by Gasteiger charge is 2.13. The number of benzene rings is 3. The predicted octanol–water partition coefficient (Wildman–Crippen LogP) is 6.13. The van der Waals surface area contributed by atoms with Gasteiger partial charge in [-0.3, -0.25) is 4.79 Å². The molecule has 1 N–H and O–H groups in total. The topological polar surface area (TPSA) is 71.3 Å². The summed E-state index contributed by atoms with van der Waals surface area (Å²) in [6, 6.07) is 21.2. The van der Waals surface area contributed by atoms with E-state index in [-0.39, 0.29) is 5.57 Å². The lowest BCUT2D eigenvalue weighted by atomic mass is 10.1. The number of carbonyl (C=O) groups excluding carboxylic acids is 1. The van der Waals surface area contributed by atoms with Gasteiger partial charge in [0.2, 0.25) is 0 Å². The number of hydrogen-bond acceptors (Lipinski definition) is 4. The first-order valence-electron chi connectivity index (χ1n) is 9.23. The van der Waals surface area contributed by atoms with Gasteiger partial charge in [-0.2, -0.15) is 5.26 Å². The van der Waals surface area contributed by atoms with E-state index in [4.69, 9.17) is 32.7 Å². The molecule has 3 aromatic carbocycles. The maximum Gasteiger partial charge on any atom is 0.266 e. The molecule has 0 aromatic heterocycles. The summed E-state index contributed by atoms with van der Waals surface area (Å²) < 4.78 is 11.0. The number of amides is 1. The van der Waals surface area contributed by atoms with E-state index in [2.05, 4.69) is 5.32 Å². The lowest BCUT2D eigenvalue weighted by Gasteiger charge is -2.10. The Balaban J connectivity index is 1.69. The van der Waals surface area contributed by atoms with Crippen LogP contribution in [0.15, 0.2) is 72.3 Å². The average Bonchev–Trinajstić information content (AvgIpc) is 2.78. The Bertz CT molecular complexity index is 1150. The van der Waals surface area contributed by atoms with Crippen molar-refractivity contribution < 1.29 is 14.3 Å². The summed E-state index contributed by atoms with van der Waals surface area (Å²) in [5, 5.41) is 13.2. The number of hydrogen-bond donors (Lipinski definition) is 1. The van der Waals surface area contributed by atoms with Gasteiger partial charge in [-0.25, -0.2) is 0 Å². The van der Waals surface area contributed by atoms with E-state index in [1.807, 2.05) is 30.3 Å². The van der Waals surface area contributed by atoms with Crippen molar-refractivity contribution in [2.75, 3.05) is 12.4 Å². The number of methoxy groups -OCH3 is 1. The predicted molar refractivity (Wildman–Crippen MR) is 122 cm³/mol. The van der Waals surface area contributed by atoms with E-state index < -0.39 is 5.91 Å². The number of rotatable bonds is 7. The van der Waals surface area contributed by atoms with E-state index in [0.717, 1.165) is 5.56 Å². The summed E-state index contributed by atoms with van der Waals surface area (Å²) in [6.45, 7) is 0.335. The molecule has 0 fully saturated rings. The zero-order valence-electron chi connectivity index (χ0n) is 16.6. The second kappa shape index (κ2) is 10.5. The lowest BCUT2D eigenvalue weighted by Crippen LogP contribution is -2.14. The number of ether oxygens (including phenoxy) is 2. The molecule has 3 aromatic rings. The number of nitrogens with zero attached hydrogens (tertiary/aromatic N) is 1. The third-order valence-corrected chi connectivity index (χ3v) is 4.92. The summed E-state index contributed by atoms with van der Waals surface area (Å²) in [5.41, 5.74) is 1.87. The van der Waals surface area contributed by atoms with Crippen LogP contribution in [-0.4, -0.2) is 13.0 Å². The van der Waals surface area contributed by atoms with Crippen LogP contribution in [-0.2, 0) is 11.4 Å². The smallest absolute Gasteiger partial charge is 0.266 e. The number of carbonyl (C=O) groups is 1. The van der Waals surface area contributed by atoms with Crippen LogP contribution in [0.5, 0.6) is 11.5 Å². The fourth-order valence-corrected chi connectivity index (χ4v) is 3.08. The van der Waals surface area contributed by atoms with E-state index in [9.17, 15) is 10.1 Å². The van der Waals surface area contributed by atoms with Crippen LogP contribution in [0.4, 0.5) is 5.69 Å². The zero-order valence-corrected chi connectivity index (χ0v) is 18.1. The molecular weight excluding hydrogens is 435 g/mol. The number of nitriles is 1. The van der Waals surface area contributed by atoms with E-state index in [0.29, 0.717) is 39.4 Å².